The fourth-order valence-corrected chi connectivity index (χ4v) is 15.8. The number of benzene rings is 10. The van der Waals surface area contributed by atoms with E-state index in [9.17, 15) is 0 Å². The molecule has 3 heterocycles. The van der Waals surface area contributed by atoms with Gasteiger partial charge in [-0.3, -0.25) is 0 Å². The van der Waals surface area contributed by atoms with Gasteiger partial charge in [-0.25, -0.2) is 4.85 Å². The molecule has 0 bridgehead atoms. The SMILES string of the molecule is [C-]#[N+]c1ccc2c(c1)c1ccccc1n2-c1cccc2c3ccccc3n(-c3ccc4c5ccccc5n(-c5cccc([Si](c6ccccc6)(c6ccccc6)c6ccccc6)c5)c4c3)c12. The van der Waals surface area contributed by atoms with Gasteiger partial charge in [0.1, 0.15) is 0 Å². The highest BCUT2D eigenvalue weighted by Gasteiger charge is 2.41. The van der Waals surface area contributed by atoms with Crippen molar-refractivity contribution in [2.24, 2.45) is 0 Å². The van der Waals surface area contributed by atoms with Crippen molar-refractivity contribution >= 4 is 99.9 Å². The molecule has 13 aromatic rings. The quantitative estimate of drug-likeness (QED) is 0.0864. The minimum atomic E-state index is -2.81. The number of hydrogen-bond acceptors (Lipinski definition) is 0. The van der Waals surface area contributed by atoms with E-state index >= 15 is 0 Å². The lowest BCUT2D eigenvalue weighted by Crippen LogP contribution is -2.74. The summed E-state index contributed by atoms with van der Waals surface area (Å²) in [6.45, 7) is 7.81. The molecule has 308 valence electrons. The molecule has 0 saturated heterocycles. The van der Waals surface area contributed by atoms with Gasteiger partial charge >= 0.3 is 0 Å². The second-order valence-electron chi connectivity index (χ2n) is 17.1. The van der Waals surface area contributed by atoms with E-state index in [1.54, 1.807) is 0 Å². The highest BCUT2D eigenvalue weighted by molar-refractivity contribution is 7.19. The van der Waals surface area contributed by atoms with Gasteiger partial charge in [-0.1, -0.05) is 182 Å². The zero-order valence-electron chi connectivity index (χ0n) is 35.9. The topological polar surface area (TPSA) is 19.1 Å². The summed E-state index contributed by atoms with van der Waals surface area (Å²) in [6, 6.07) is 88.8. The molecule has 66 heavy (non-hydrogen) atoms. The Labute approximate surface area is 382 Å². The molecule has 0 radical (unpaired) electrons. The molecule has 10 aromatic carbocycles. The third kappa shape index (κ3) is 5.49. The van der Waals surface area contributed by atoms with Crippen molar-refractivity contribution in [3.63, 3.8) is 0 Å². The first kappa shape index (κ1) is 37.8. The number of para-hydroxylation sites is 4. The molecule has 0 atom stereocenters. The van der Waals surface area contributed by atoms with Gasteiger partial charge in [0.25, 0.3) is 0 Å². The van der Waals surface area contributed by atoms with Crippen LogP contribution in [0.25, 0.3) is 87.3 Å². The van der Waals surface area contributed by atoms with Crippen LogP contribution in [-0.4, -0.2) is 21.8 Å². The fraction of sp³-hybridized carbons (Fsp3) is 0. The molecular weight excluding hydrogens is 817 g/mol. The molecular formula is C61H40N4Si. The molecule has 5 heteroatoms. The maximum absolute atomic E-state index is 7.81. The predicted octanol–water partition coefficient (Wildman–Crippen LogP) is 12.9. The third-order valence-corrected chi connectivity index (χ3v) is 18.5. The van der Waals surface area contributed by atoms with Gasteiger partial charge in [-0.15, -0.1) is 0 Å². The van der Waals surface area contributed by atoms with Crippen LogP contribution in [-0.2, 0) is 0 Å². The van der Waals surface area contributed by atoms with Crippen LogP contribution in [0.5, 0.6) is 0 Å². The van der Waals surface area contributed by atoms with Gasteiger partial charge in [0.15, 0.2) is 13.8 Å². The van der Waals surface area contributed by atoms with Gasteiger partial charge in [-0.05, 0) is 86.8 Å². The van der Waals surface area contributed by atoms with Crippen molar-refractivity contribution in [3.05, 3.63) is 254 Å². The summed E-state index contributed by atoms with van der Waals surface area (Å²) in [5.74, 6) is 0. The van der Waals surface area contributed by atoms with Crippen LogP contribution in [0.1, 0.15) is 0 Å². The first-order chi connectivity index (χ1) is 32.7. The summed E-state index contributed by atoms with van der Waals surface area (Å²) in [7, 11) is -2.81. The zero-order valence-corrected chi connectivity index (χ0v) is 36.9. The van der Waals surface area contributed by atoms with E-state index < -0.39 is 8.07 Å². The molecule has 0 aliphatic carbocycles. The van der Waals surface area contributed by atoms with E-state index in [1.165, 1.54) is 47.8 Å². The van der Waals surface area contributed by atoms with E-state index in [0.29, 0.717) is 5.69 Å². The molecule has 4 nitrogen and oxygen atoms in total. The van der Waals surface area contributed by atoms with Crippen molar-refractivity contribution in [3.8, 4) is 17.1 Å². The predicted molar refractivity (Wildman–Crippen MR) is 279 cm³/mol. The Bertz CT molecular complexity index is 3960. The van der Waals surface area contributed by atoms with E-state index in [-0.39, 0.29) is 0 Å². The van der Waals surface area contributed by atoms with Crippen LogP contribution in [0.4, 0.5) is 5.69 Å². The van der Waals surface area contributed by atoms with Gasteiger partial charge in [-0.2, -0.15) is 0 Å². The largest absolute Gasteiger partial charge is 0.309 e. The minimum Gasteiger partial charge on any atom is -0.309 e. The lowest BCUT2D eigenvalue weighted by atomic mass is 10.1. The Morgan fingerprint density at radius 2 is 0.773 bits per heavy atom. The summed E-state index contributed by atoms with van der Waals surface area (Å²) < 4.78 is 7.33. The molecule has 0 aliphatic heterocycles. The van der Waals surface area contributed by atoms with E-state index in [4.69, 9.17) is 6.57 Å². The second-order valence-corrected chi connectivity index (χ2v) is 21.0. The van der Waals surface area contributed by atoms with E-state index in [1.807, 2.05) is 12.1 Å². The molecule has 0 N–H and O–H groups in total. The van der Waals surface area contributed by atoms with Crippen LogP contribution in [0.2, 0.25) is 0 Å². The molecule has 0 saturated carbocycles. The lowest BCUT2D eigenvalue weighted by molar-refractivity contribution is 1.13. The van der Waals surface area contributed by atoms with Gasteiger partial charge in [0.2, 0.25) is 0 Å². The number of hydrogen-bond donors (Lipinski definition) is 0. The Hall–Kier alpha value is -8.69. The second kappa shape index (κ2) is 15.0. The molecule has 0 unspecified atom stereocenters. The number of fused-ring (bicyclic) bond motifs is 9. The Kier molecular flexibility index (Phi) is 8.57. The average Bonchev–Trinajstić information content (AvgIpc) is 4.03. The van der Waals surface area contributed by atoms with Crippen LogP contribution in [0.3, 0.4) is 0 Å². The van der Waals surface area contributed by atoms with Crippen molar-refractivity contribution in [1.29, 1.82) is 0 Å². The van der Waals surface area contributed by atoms with Crippen LogP contribution < -0.4 is 20.7 Å². The minimum absolute atomic E-state index is 0.639. The van der Waals surface area contributed by atoms with Crippen molar-refractivity contribution < 1.29 is 0 Å². The van der Waals surface area contributed by atoms with Crippen molar-refractivity contribution in [1.82, 2.24) is 13.7 Å². The van der Waals surface area contributed by atoms with Crippen LogP contribution >= 0.6 is 0 Å². The normalized spacial score (nSPS) is 11.9. The van der Waals surface area contributed by atoms with Crippen molar-refractivity contribution in [2.75, 3.05) is 0 Å². The van der Waals surface area contributed by atoms with Gasteiger partial charge in [0, 0.05) is 38.3 Å². The summed E-state index contributed by atoms with van der Waals surface area (Å²) in [4.78, 5) is 3.81. The van der Waals surface area contributed by atoms with Crippen molar-refractivity contribution in [2.45, 2.75) is 0 Å². The Morgan fingerprint density at radius 1 is 0.303 bits per heavy atom. The standard InChI is InChI=1S/C61H40N4Si/c1-62-42-35-38-58-54(39-42)51-29-13-16-33-57(51)65(58)59-34-18-30-53-50-28-12-15-32-56(50)64(61(53)59)44-36-37-52-49-27-11-14-31-55(49)63(60(52)41-44)43-19-17-26-48(40-43)66(45-20-5-2-6-21-45,46-22-7-3-8-23-46)47-24-9-4-10-25-47/h2-41H. The number of aromatic nitrogens is 3. The zero-order chi connectivity index (χ0) is 43.8. The summed E-state index contributed by atoms with van der Waals surface area (Å²) >= 11 is 0. The third-order valence-electron chi connectivity index (χ3n) is 13.8. The molecule has 0 amide bonds. The summed E-state index contributed by atoms with van der Waals surface area (Å²) in [5.41, 5.74) is 10.7. The molecule has 13 rings (SSSR count). The number of nitrogens with zero attached hydrogens (tertiary/aromatic N) is 4. The Morgan fingerprint density at radius 3 is 1.41 bits per heavy atom. The fourth-order valence-electron chi connectivity index (χ4n) is 11.1. The van der Waals surface area contributed by atoms with E-state index in [2.05, 4.69) is 249 Å². The van der Waals surface area contributed by atoms with Gasteiger partial charge in [0.05, 0.1) is 45.4 Å². The Balaban J connectivity index is 1.09. The number of rotatable bonds is 7. The molecule has 3 aromatic heterocycles. The highest BCUT2D eigenvalue weighted by Crippen LogP contribution is 2.41. The molecule has 0 aliphatic rings. The summed E-state index contributed by atoms with van der Waals surface area (Å²) in [6.07, 6.45) is 0. The molecule has 0 fully saturated rings. The average molecular weight is 857 g/mol. The monoisotopic (exact) mass is 856 g/mol. The smallest absolute Gasteiger partial charge is 0.188 e. The van der Waals surface area contributed by atoms with Crippen LogP contribution in [0, 0.1) is 6.57 Å². The first-order valence-corrected chi connectivity index (χ1v) is 24.5. The first-order valence-electron chi connectivity index (χ1n) is 22.5. The maximum Gasteiger partial charge on any atom is 0.188 e. The van der Waals surface area contributed by atoms with Gasteiger partial charge < -0.3 is 13.7 Å². The van der Waals surface area contributed by atoms with E-state index in [0.717, 1.165) is 55.4 Å². The lowest BCUT2D eigenvalue weighted by Gasteiger charge is -2.34. The molecule has 0 spiro atoms. The highest BCUT2D eigenvalue weighted by atomic mass is 28.3. The maximum atomic E-state index is 7.81. The van der Waals surface area contributed by atoms with Crippen LogP contribution in [0.15, 0.2) is 243 Å². The summed E-state index contributed by atoms with van der Waals surface area (Å²) in [5, 5.41) is 12.4.